The predicted molar refractivity (Wildman–Crippen MR) is 64.9 cm³/mol. The number of rotatable bonds is 0. The van der Waals surface area contributed by atoms with E-state index in [0.29, 0.717) is 24.2 Å². The number of Topliss-reactive ketones (excluding diaryl/α,β-unsaturated/α-hetero) is 1. The fraction of sp³-hybridized carbons (Fsp3) is 0.273. The molecule has 0 radical (unpaired) electrons. The SMILES string of the molecule is CNC(=O)N1CCC(=O)c2cc(Br)ccc21. The predicted octanol–water partition coefficient (Wildman–Crippen LogP) is 2.18. The number of hydrogen-bond donors (Lipinski definition) is 1. The van der Waals surface area contributed by atoms with Gasteiger partial charge in [0.15, 0.2) is 5.78 Å². The normalized spacial score (nSPS) is 14.6. The minimum absolute atomic E-state index is 0.0800. The molecule has 84 valence electrons. The maximum Gasteiger partial charge on any atom is 0.321 e. The van der Waals surface area contributed by atoms with Gasteiger partial charge in [0.25, 0.3) is 0 Å². The van der Waals surface area contributed by atoms with Gasteiger partial charge in [-0.15, -0.1) is 0 Å². The van der Waals surface area contributed by atoms with Crippen molar-refractivity contribution in [3.8, 4) is 0 Å². The fourth-order valence-corrected chi connectivity index (χ4v) is 2.14. The van der Waals surface area contributed by atoms with Gasteiger partial charge in [0.2, 0.25) is 0 Å². The van der Waals surface area contributed by atoms with E-state index in [1.165, 1.54) is 0 Å². The van der Waals surface area contributed by atoms with Gasteiger partial charge in [0.1, 0.15) is 0 Å². The van der Waals surface area contributed by atoms with Gasteiger partial charge in [-0.3, -0.25) is 9.69 Å². The lowest BCUT2D eigenvalue weighted by Gasteiger charge is -2.28. The van der Waals surface area contributed by atoms with Gasteiger partial charge in [-0.25, -0.2) is 4.79 Å². The van der Waals surface area contributed by atoms with E-state index in [0.717, 1.165) is 4.47 Å². The summed E-state index contributed by atoms with van der Waals surface area (Å²) in [6.45, 7) is 0.438. The Balaban J connectivity index is 2.48. The average molecular weight is 283 g/mol. The summed E-state index contributed by atoms with van der Waals surface area (Å²) in [7, 11) is 1.58. The Morgan fingerprint density at radius 3 is 2.94 bits per heavy atom. The summed E-state index contributed by atoms with van der Waals surface area (Å²) in [4.78, 5) is 24.9. The van der Waals surface area contributed by atoms with Crippen molar-refractivity contribution >= 4 is 33.4 Å². The Morgan fingerprint density at radius 2 is 2.25 bits per heavy atom. The molecule has 2 amide bonds. The molecule has 1 aliphatic heterocycles. The minimum Gasteiger partial charge on any atom is -0.341 e. The van der Waals surface area contributed by atoms with Crippen LogP contribution in [0.3, 0.4) is 0 Å². The van der Waals surface area contributed by atoms with E-state index in [1.807, 2.05) is 6.07 Å². The van der Waals surface area contributed by atoms with Crippen molar-refractivity contribution in [3.05, 3.63) is 28.2 Å². The van der Waals surface area contributed by atoms with E-state index < -0.39 is 0 Å². The first kappa shape index (κ1) is 11.1. The minimum atomic E-state index is -0.184. The average Bonchev–Trinajstić information content (AvgIpc) is 2.29. The van der Waals surface area contributed by atoms with Crippen LogP contribution in [0.15, 0.2) is 22.7 Å². The zero-order chi connectivity index (χ0) is 11.7. The van der Waals surface area contributed by atoms with Gasteiger partial charge in [-0.05, 0) is 18.2 Å². The molecule has 0 unspecified atom stereocenters. The molecule has 5 heteroatoms. The Morgan fingerprint density at radius 1 is 1.50 bits per heavy atom. The van der Waals surface area contributed by atoms with Gasteiger partial charge in [-0.2, -0.15) is 0 Å². The molecular weight excluding hydrogens is 272 g/mol. The third-order valence-corrected chi connectivity index (χ3v) is 3.06. The highest BCUT2D eigenvalue weighted by atomic mass is 79.9. The number of halogens is 1. The summed E-state index contributed by atoms with van der Waals surface area (Å²) in [5.41, 5.74) is 1.28. The molecule has 0 bridgehead atoms. The lowest BCUT2D eigenvalue weighted by Crippen LogP contribution is -2.42. The second-order valence-electron chi connectivity index (χ2n) is 3.54. The lowest BCUT2D eigenvalue weighted by atomic mass is 10.0. The van der Waals surface area contributed by atoms with E-state index in [2.05, 4.69) is 21.2 Å². The molecule has 0 saturated carbocycles. The van der Waals surface area contributed by atoms with Gasteiger partial charge < -0.3 is 5.32 Å². The topological polar surface area (TPSA) is 49.4 Å². The zero-order valence-corrected chi connectivity index (χ0v) is 10.4. The summed E-state index contributed by atoms with van der Waals surface area (Å²) >= 11 is 3.32. The lowest BCUT2D eigenvalue weighted by molar-refractivity contribution is 0.0981. The second-order valence-corrected chi connectivity index (χ2v) is 4.46. The summed E-state index contributed by atoms with van der Waals surface area (Å²) in [5.74, 6) is 0.0800. The highest BCUT2D eigenvalue weighted by Gasteiger charge is 2.26. The number of nitrogens with one attached hydrogen (secondary N) is 1. The van der Waals surface area contributed by atoms with E-state index in [-0.39, 0.29) is 11.8 Å². The number of carbonyl (C=O) groups excluding carboxylic acids is 2. The first-order valence-electron chi connectivity index (χ1n) is 4.95. The molecule has 0 saturated heterocycles. The quantitative estimate of drug-likeness (QED) is 0.793. The number of ketones is 1. The molecule has 16 heavy (non-hydrogen) atoms. The molecule has 0 atom stereocenters. The Hall–Kier alpha value is -1.36. The summed E-state index contributed by atoms with van der Waals surface area (Å²) in [6, 6.07) is 5.18. The monoisotopic (exact) mass is 282 g/mol. The third kappa shape index (κ3) is 1.82. The van der Waals surface area contributed by atoms with Gasteiger partial charge >= 0.3 is 6.03 Å². The second kappa shape index (κ2) is 4.25. The smallest absolute Gasteiger partial charge is 0.321 e. The molecule has 0 aliphatic carbocycles. The van der Waals surface area contributed by atoms with Crippen LogP contribution in [0.4, 0.5) is 10.5 Å². The van der Waals surface area contributed by atoms with Crippen molar-refractivity contribution in [1.29, 1.82) is 0 Å². The van der Waals surface area contributed by atoms with Crippen LogP contribution in [0.2, 0.25) is 0 Å². The van der Waals surface area contributed by atoms with Crippen LogP contribution >= 0.6 is 15.9 Å². The van der Waals surface area contributed by atoms with Crippen molar-refractivity contribution < 1.29 is 9.59 Å². The van der Waals surface area contributed by atoms with Crippen LogP contribution in [-0.2, 0) is 0 Å². The van der Waals surface area contributed by atoms with Gasteiger partial charge in [0, 0.05) is 30.0 Å². The molecule has 0 fully saturated rings. The van der Waals surface area contributed by atoms with Crippen LogP contribution in [0.25, 0.3) is 0 Å². The highest BCUT2D eigenvalue weighted by Crippen LogP contribution is 2.29. The van der Waals surface area contributed by atoms with E-state index in [1.54, 1.807) is 24.1 Å². The molecule has 1 N–H and O–H groups in total. The Kier molecular flexibility index (Phi) is 2.96. The number of fused-ring (bicyclic) bond motifs is 1. The molecule has 2 rings (SSSR count). The van der Waals surface area contributed by atoms with E-state index in [4.69, 9.17) is 0 Å². The molecule has 0 aromatic heterocycles. The fourth-order valence-electron chi connectivity index (χ4n) is 1.78. The van der Waals surface area contributed by atoms with Crippen LogP contribution in [-0.4, -0.2) is 25.4 Å². The zero-order valence-electron chi connectivity index (χ0n) is 8.79. The molecule has 1 heterocycles. The number of hydrogen-bond acceptors (Lipinski definition) is 2. The molecule has 4 nitrogen and oxygen atoms in total. The van der Waals surface area contributed by atoms with Crippen molar-refractivity contribution in [1.82, 2.24) is 5.32 Å². The number of anilines is 1. The molecule has 0 spiro atoms. The van der Waals surface area contributed by atoms with Crippen LogP contribution < -0.4 is 10.2 Å². The highest BCUT2D eigenvalue weighted by molar-refractivity contribution is 9.10. The molecule has 1 aromatic rings. The van der Waals surface area contributed by atoms with Gasteiger partial charge in [-0.1, -0.05) is 15.9 Å². The van der Waals surface area contributed by atoms with Crippen molar-refractivity contribution in [2.45, 2.75) is 6.42 Å². The van der Waals surface area contributed by atoms with Gasteiger partial charge in [0.05, 0.1) is 5.69 Å². The third-order valence-electron chi connectivity index (χ3n) is 2.57. The van der Waals surface area contributed by atoms with E-state index >= 15 is 0 Å². The number of benzene rings is 1. The number of nitrogens with zero attached hydrogens (tertiary/aromatic N) is 1. The van der Waals surface area contributed by atoms with Crippen LogP contribution in [0.1, 0.15) is 16.8 Å². The van der Waals surface area contributed by atoms with Crippen molar-refractivity contribution in [2.24, 2.45) is 0 Å². The summed E-state index contributed by atoms with van der Waals surface area (Å²) < 4.78 is 0.846. The number of amides is 2. The summed E-state index contributed by atoms with van der Waals surface area (Å²) in [6.07, 6.45) is 0.372. The van der Waals surface area contributed by atoms with Crippen LogP contribution in [0.5, 0.6) is 0 Å². The maximum atomic E-state index is 11.7. The Bertz CT molecular complexity index is 459. The van der Waals surface area contributed by atoms with Crippen LogP contribution in [0, 0.1) is 0 Å². The first-order chi connectivity index (χ1) is 7.63. The largest absolute Gasteiger partial charge is 0.341 e. The van der Waals surface area contributed by atoms with Crippen molar-refractivity contribution in [2.75, 3.05) is 18.5 Å². The molecule has 1 aromatic carbocycles. The Labute approximate surface area is 102 Å². The molecule has 1 aliphatic rings. The molecular formula is C11H11BrN2O2. The number of carbonyl (C=O) groups is 2. The van der Waals surface area contributed by atoms with Crippen molar-refractivity contribution in [3.63, 3.8) is 0 Å². The number of urea groups is 1. The standard InChI is InChI=1S/C11H11BrN2O2/c1-13-11(16)14-5-4-10(15)8-6-7(12)2-3-9(8)14/h2-3,6H,4-5H2,1H3,(H,13,16). The maximum absolute atomic E-state index is 11.7. The first-order valence-corrected chi connectivity index (χ1v) is 5.75. The van der Waals surface area contributed by atoms with E-state index in [9.17, 15) is 9.59 Å². The summed E-state index contributed by atoms with van der Waals surface area (Å²) in [5, 5.41) is 2.57.